The molecule has 0 aliphatic rings. The molecule has 0 aliphatic carbocycles. The van der Waals surface area contributed by atoms with Gasteiger partial charge in [-0.3, -0.25) is 0 Å². The molecular weight excluding hydrogens is 257 g/mol. The Morgan fingerprint density at radius 3 is 2.95 bits per heavy atom. The van der Waals surface area contributed by atoms with Gasteiger partial charge in [-0.05, 0) is 18.2 Å². The summed E-state index contributed by atoms with van der Waals surface area (Å²) in [5.41, 5.74) is 1.44. The van der Waals surface area contributed by atoms with Gasteiger partial charge in [0.05, 0.1) is 6.20 Å². The first-order chi connectivity index (χ1) is 9.69. The van der Waals surface area contributed by atoms with Crippen molar-refractivity contribution in [2.75, 3.05) is 24.3 Å². The van der Waals surface area contributed by atoms with E-state index in [9.17, 15) is 4.39 Å². The van der Waals surface area contributed by atoms with Gasteiger partial charge in [-0.1, -0.05) is 6.07 Å². The molecule has 0 unspecified atom stereocenters. The largest absolute Gasteiger partial charge is 0.372 e. The van der Waals surface area contributed by atoms with Crippen molar-refractivity contribution in [3.05, 3.63) is 48.7 Å². The average Bonchev–Trinajstić information content (AvgIpc) is 2.93. The van der Waals surface area contributed by atoms with E-state index in [1.54, 1.807) is 19.3 Å². The molecule has 0 spiro atoms. The topological polar surface area (TPSA) is 45.5 Å². The van der Waals surface area contributed by atoms with Crippen LogP contribution in [0.4, 0.5) is 21.7 Å². The van der Waals surface area contributed by atoms with Crippen LogP contribution in [-0.4, -0.2) is 28.5 Å². The van der Waals surface area contributed by atoms with Gasteiger partial charge in [0.25, 0.3) is 0 Å². The number of rotatable bonds is 3. The van der Waals surface area contributed by atoms with Crippen molar-refractivity contribution in [2.45, 2.75) is 0 Å². The quantitative estimate of drug-likeness (QED) is 0.795. The van der Waals surface area contributed by atoms with E-state index in [0.29, 0.717) is 11.6 Å². The zero-order valence-corrected chi connectivity index (χ0v) is 11.2. The Morgan fingerprint density at radius 1 is 1.35 bits per heavy atom. The van der Waals surface area contributed by atoms with Crippen LogP contribution < -0.4 is 10.2 Å². The summed E-state index contributed by atoms with van der Waals surface area (Å²) in [6, 6.07) is 6.38. The second kappa shape index (κ2) is 4.80. The highest BCUT2D eigenvalue weighted by molar-refractivity contribution is 5.73. The fourth-order valence-corrected chi connectivity index (χ4v) is 2.07. The Morgan fingerprint density at radius 2 is 2.20 bits per heavy atom. The highest BCUT2D eigenvalue weighted by Crippen LogP contribution is 2.26. The van der Waals surface area contributed by atoms with Crippen molar-refractivity contribution in [1.29, 1.82) is 0 Å². The van der Waals surface area contributed by atoms with E-state index in [2.05, 4.69) is 15.3 Å². The minimum atomic E-state index is -0.279. The molecule has 5 nitrogen and oxygen atoms in total. The van der Waals surface area contributed by atoms with Crippen LogP contribution in [0.25, 0.3) is 5.65 Å². The van der Waals surface area contributed by atoms with Crippen molar-refractivity contribution in [3.63, 3.8) is 0 Å². The van der Waals surface area contributed by atoms with E-state index in [1.165, 1.54) is 12.1 Å². The molecule has 102 valence electrons. The SMILES string of the molecule is CNc1cn2ccnc2c(N(C)c2cccc(F)c2)n1. The molecule has 0 saturated carbocycles. The third-order valence-electron chi connectivity index (χ3n) is 3.13. The Balaban J connectivity index is 2.15. The maximum Gasteiger partial charge on any atom is 0.180 e. The van der Waals surface area contributed by atoms with E-state index in [1.807, 2.05) is 34.8 Å². The molecule has 1 N–H and O–H groups in total. The minimum Gasteiger partial charge on any atom is -0.372 e. The molecule has 0 bridgehead atoms. The first-order valence-electron chi connectivity index (χ1n) is 6.20. The highest BCUT2D eigenvalue weighted by Gasteiger charge is 2.13. The summed E-state index contributed by atoms with van der Waals surface area (Å²) in [4.78, 5) is 10.6. The number of fused-ring (bicyclic) bond motifs is 1. The van der Waals surface area contributed by atoms with Crippen molar-refractivity contribution in [3.8, 4) is 0 Å². The zero-order valence-electron chi connectivity index (χ0n) is 11.2. The lowest BCUT2D eigenvalue weighted by molar-refractivity contribution is 0.628. The smallest absolute Gasteiger partial charge is 0.180 e. The average molecular weight is 271 g/mol. The summed E-state index contributed by atoms with van der Waals surface area (Å²) >= 11 is 0. The molecule has 0 amide bonds. The predicted octanol–water partition coefficient (Wildman–Crippen LogP) is 2.68. The summed E-state index contributed by atoms with van der Waals surface area (Å²) in [5.74, 6) is 1.10. The molecule has 20 heavy (non-hydrogen) atoms. The van der Waals surface area contributed by atoms with Crippen LogP contribution in [0.3, 0.4) is 0 Å². The number of benzene rings is 1. The Bertz CT molecular complexity index is 752. The first-order valence-corrected chi connectivity index (χ1v) is 6.20. The summed E-state index contributed by atoms with van der Waals surface area (Å²) in [7, 11) is 3.64. The second-order valence-electron chi connectivity index (χ2n) is 4.40. The van der Waals surface area contributed by atoms with Gasteiger partial charge in [0.15, 0.2) is 11.5 Å². The monoisotopic (exact) mass is 271 g/mol. The Kier molecular flexibility index (Phi) is 2.98. The molecule has 2 heterocycles. The fraction of sp³-hybridized carbons (Fsp3) is 0.143. The summed E-state index contributed by atoms with van der Waals surface area (Å²) in [6.07, 6.45) is 5.41. The number of anilines is 3. The van der Waals surface area contributed by atoms with Gasteiger partial charge in [0, 0.05) is 32.2 Å². The van der Waals surface area contributed by atoms with E-state index in [4.69, 9.17) is 0 Å². The molecule has 0 fully saturated rings. The van der Waals surface area contributed by atoms with Crippen molar-refractivity contribution >= 4 is 23.0 Å². The molecule has 3 rings (SSSR count). The van der Waals surface area contributed by atoms with Gasteiger partial charge < -0.3 is 14.6 Å². The van der Waals surface area contributed by atoms with Gasteiger partial charge in [0.2, 0.25) is 0 Å². The fourth-order valence-electron chi connectivity index (χ4n) is 2.07. The second-order valence-corrected chi connectivity index (χ2v) is 4.40. The Hall–Kier alpha value is -2.63. The molecule has 0 atom stereocenters. The summed E-state index contributed by atoms with van der Waals surface area (Å²) in [5, 5.41) is 3.01. The number of aromatic nitrogens is 3. The van der Waals surface area contributed by atoms with Crippen LogP contribution in [0.5, 0.6) is 0 Å². The number of halogens is 1. The highest BCUT2D eigenvalue weighted by atomic mass is 19.1. The number of imidazole rings is 1. The molecule has 6 heteroatoms. The maximum atomic E-state index is 13.4. The molecular formula is C14H14FN5. The standard InChI is InChI=1S/C14H14FN5/c1-16-12-9-20-7-6-17-13(20)14(18-12)19(2)11-5-3-4-10(15)8-11/h3-9,16H,1-2H3. The Labute approximate surface area is 115 Å². The lowest BCUT2D eigenvalue weighted by Gasteiger charge is -2.19. The first kappa shape index (κ1) is 12.4. The number of hydrogen-bond donors (Lipinski definition) is 1. The third kappa shape index (κ3) is 2.05. The lowest BCUT2D eigenvalue weighted by Crippen LogP contribution is -2.14. The van der Waals surface area contributed by atoms with Crippen LogP contribution >= 0.6 is 0 Å². The third-order valence-corrected chi connectivity index (χ3v) is 3.13. The van der Waals surface area contributed by atoms with Crippen molar-refractivity contribution < 1.29 is 4.39 Å². The normalized spacial score (nSPS) is 10.8. The van der Waals surface area contributed by atoms with E-state index in [0.717, 1.165) is 11.3 Å². The number of nitrogens with one attached hydrogen (secondary N) is 1. The van der Waals surface area contributed by atoms with Crippen LogP contribution in [0.2, 0.25) is 0 Å². The van der Waals surface area contributed by atoms with Gasteiger partial charge in [-0.15, -0.1) is 0 Å². The van der Waals surface area contributed by atoms with E-state index in [-0.39, 0.29) is 5.82 Å². The van der Waals surface area contributed by atoms with Crippen LogP contribution in [-0.2, 0) is 0 Å². The predicted molar refractivity (Wildman–Crippen MR) is 77.0 cm³/mol. The summed E-state index contributed by atoms with van der Waals surface area (Å²) < 4.78 is 15.2. The van der Waals surface area contributed by atoms with Crippen LogP contribution in [0.15, 0.2) is 42.9 Å². The van der Waals surface area contributed by atoms with E-state index < -0.39 is 0 Å². The van der Waals surface area contributed by atoms with Gasteiger partial charge in [-0.25, -0.2) is 14.4 Å². The maximum absolute atomic E-state index is 13.4. The summed E-state index contributed by atoms with van der Waals surface area (Å²) in [6.45, 7) is 0. The van der Waals surface area contributed by atoms with E-state index >= 15 is 0 Å². The minimum absolute atomic E-state index is 0.279. The molecule has 0 aliphatic heterocycles. The van der Waals surface area contributed by atoms with Gasteiger partial charge >= 0.3 is 0 Å². The number of nitrogens with zero attached hydrogens (tertiary/aromatic N) is 4. The van der Waals surface area contributed by atoms with Crippen molar-refractivity contribution in [1.82, 2.24) is 14.4 Å². The molecule has 1 aromatic carbocycles. The molecule has 3 aromatic rings. The molecule has 0 radical (unpaired) electrons. The van der Waals surface area contributed by atoms with Crippen molar-refractivity contribution in [2.24, 2.45) is 0 Å². The molecule has 2 aromatic heterocycles. The molecule has 0 saturated heterocycles. The number of hydrogen-bond acceptors (Lipinski definition) is 4. The van der Waals surface area contributed by atoms with Gasteiger partial charge in [0.1, 0.15) is 11.6 Å². The lowest BCUT2D eigenvalue weighted by atomic mass is 10.3. The van der Waals surface area contributed by atoms with Crippen LogP contribution in [0, 0.1) is 5.82 Å². The van der Waals surface area contributed by atoms with Crippen LogP contribution in [0.1, 0.15) is 0 Å². The zero-order chi connectivity index (χ0) is 14.1. The van der Waals surface area contributed by atoms with Gasteiger partial charge in [-0.2, -0.15) is 0 Å².